The molecular formula is C12H23NO4. The predicted molar refractivity (Wildman–Crippen MR) is 64.9 cm³/mol. The van der Waals surface area contributed by atoms with Gasteiger partial charge in [0.15, 0.2) is 0 Å². The first kappa shape index (κ1) is 15.9. The summed E-state index contributed by atoms with van der Waals surface area (Å²) >= 11 is 0. The monoisotopic (exact) mass is 245 g/mol. The Kier molecular flexibility index (Phi) is 9.43. The summed E-state index contributed by atoms with van der Waals surface area (Å²) in [6.45, 7) is 5.35. The molecule has 0 aromatic heterocycles. The van der Waals surface area contributed by atoms with Gasteiger partial charge in [0.25, 0.3) is 0 Å². The quantitative estimate of drug-likeness (QED) is 0.592. The Hall–Kier alpha value is -1.10. The van der Waals surface area contributed by atoms with Gasteiger partial charge in [0, 0.05) is 19.7 Å². The topological polar surface area (TPSA) is 66.8 Å². The van der Waals surface area contributed by atoms with Gasteiger partial charge < -0.3 is 14.7 Å². The minimum Gasteiger partial charge on any atom is -0.481 e. The molecule has 5 heteroatoms. The molecule has 0 aliphatic rings. The van der Waals surface area contributed by atoms with Crippen LogP contribution in [0.3, 0.4) is 0 Å². The van der Waals surface area contributed by atoms with E-state index in [1.54, 1.807) is 0 Å². The summed E-state index contributed by atoms with van der Waals surface area (Å²) in [5.74, 6) is -1.02. The van der Waals surface area contributed by atoms with E-state index < -0.39 is 5.97 Å². The van der Waals surface area contributed by atoms with Gasteiger partial charge in [0.1, 0.15) is 6.61 Å². The lowest BCUT2D eigenvalue weighted by atomic mass is 10.3. The van der Waals surface area contributed by atoms with Crippen molar-refractivity contribution >= 4 is 11.9 Å². The molecule has 0 spiro atoms. The molecule has 0 aromatic carbocycles. The van der Waals surface area contributed by atoms with Gasteiger partial charge in [-0.2, -0.15) is 0 Å². The van der Waals surface area contributed by atoms with E-state index in [0.717, 1.165) is 19.3 Å². The van der Waals surface area contributed by atoms with E-state index in [4.69, 9.17) is 9.84 Å². The molecule has 0 atom stereocenters. The number of amides is 1. The third kappa shape index (κ3) is 8.68. The molecule has 5 nitrogen and oxygen atoms in total. The smallest absolute Gasteiger partial charge is 0.305 e. The van der Waals surface area contributed by atoms with Crippen molar-refractivity contribution in [3.05, 3.63) is 0 Å². The van der Waals surface area contributed by atoms with E-state index in [9.17, 15) is 9.59 Å². The molecule has 0 radical (unpaired) electrons. The number of hydrogen-bond acceptors (Lipinski definition) is 3. The fourth-order valence-electron chi connectivity index (χ4n) is 1.39. The first-order valence-electron chi connectivity index (χ1n) is 6.19. The van der Waals surface area contributed by atoms with E-state index in [1.807, 2.05) is 6.92 Å². The second-order valence-corrected chi connectivity index (χ2v) is 3.88. The van der Waals surface area contributed by atoms with Gasteiger partial charge in [0.05, 0.1) is 6.42 Å². The number of unbranched alkanes of at least 4 members (excludes halogenated alkanes) is 2. The van der Waals surface area contributed by atoms with Gasteiger partial charge in [-0.05, 0) is 13.3 Å². The highest BCUT2D eigenvalue weighted by Gasteiger charge is 2.12. The number of aliphatic carboxylic acids is 1. The standard InChI is InChI=1S/C12H23NO4/c1-3-5-6-9-17-10-11(14)13(4-2)8-7-12(15)16/h3-10H2,1-2H3,(H,15,16). The van der Waals surface area contributed by atoms with Crippen molar-refractivity contribution in [3.63, 3.8) is 0 Å². The van der Waals surface area contributed by atoms with Crippen LogP contribution < -0.4 is 0 Å². The minimum atomic E-state index is -0.889. The van der Waals surface area contributed by atoms with Crippen LogP contribution in [0.5, 0.6) is 0 Å². The van der Waals surface area contributed by atoms with Crippen molar-refractivity contribution < 1.29 is 19.4 Å². The molecule has 0 fully saturated rings. The van der Waals surface area contributed by atoms with Crippen molar-refractivity contribution in [1.82, 2.24) is 4.90 Å². The van der Waals surface area contributed by atoms with Gasteiger partial charge in [-0.25, -0.2) is 0 Å². The Morgan fingerprint density at radius 1 is 1.24 bits per heavy atom. The average molecular weight is 245 g/mol. The van der Waals surface area contributed by atoms with Crippen molar-refractivity contribution in [2.75, 3.05) is 26.3 Å². The van der Waals surface area contributed by atoms with Crippen molar-refractivity contribution in [1.29, 1.82) is 0 Å². The largest absolute Gasteiger partial charge is 0.481 e. The Balaban J connectivity index is 3.72. The van der Waals surface area contributed by atoms with E-state index in [1.165, 1.54) is 4.90 Å². The molecule has 0 rings (SSSR count). The van der Waals surface area contributed by atoms with E-state index in [-0.39, 0.29) is 25.5 Å². The number of carbonyl (C=O) groups is 2. The zero-order valence-electron chi connectivity index (χ0n) is 10.8. The number of hydrogen-bond donors (Lipinski definition) is 1. The number of rotatable bonds is 10. The fraction of sp³-hybridized carbons (Fsp3) is 0.833. The predicted octanol–water partition coefficient (Wildman–Crippen LogP) is 1.52. The molecule has 0 saturated heterocycles. The molecule has 0 saturated carbocycles. The summed E-state index contributed by atoms with van der Waals surface area (Å²) in [6.07, 6.45) is 3.17. The molecule has 1 amide bonds. The van der Waals surface area contributed by atoms with Crippen LogP contribution in [-0.4, -0.2) is 48.2 Å². The number of carbonyl (C=O) groups excluding carboxylic acids is 1. The van der Waals surface area contributed by atoms with Gasteiger partial charge in [0.2, 0.25) is 5.91 Å². The molecular weight excluding hydrogens is 222 g/mol. The van der Waals surface area contributed by atoms with E-state index >= 15 is 0 Å². The van der Waals surface area contributed by atoms with Crippen LogP contribution in [0.4, 0.5) is 0 Å². The summed E-state index contributed by atoms with van der Waals surface area (Å²) in [4.78, 5) is 23.5. The van der Waals surface area contributed by atoms with Crippen LogP contribution >= 0.6 is 0 Å². The minimum absolute atomic E-state index is 0.0184. The average Bonchev–Trinajstić information content (AvgIpc) is 2.29. The number of ether oxygens (including phenoxy) is 1. The highest BCUT2D eigenvalue weighted by Crippen LogP contribution is 1.97. The summed E-state index contributed by atoms with van der Waals surface area (Å²) in [5.41, 5.74) is 0. The van der Waals surface area contributed by atoms with Crippen LogP contribution in [0.2, 0.25) is 0 Å². The molecule has 1 N–H and O–H groups in total. The molecule has 0 aromatic rings. The van der Waals surface area contributed by atoms with Gasteiger partial charge in [-0.1, -0.05) is 19.8 Å². The third-order valence-corrected chi connectivity index (χ3v) is 2.45. The van der Waals surface area contributed by atoms with Crippen LogP contribution in [0.25, 0.3) is 0 Å². The number of nitrogens with zero attached hydrogens (tertiary/aromatic N) is 1. The SMILES string of the molecule is CCCCCOCC(=O)N(CC)CCC(=O)O. The first-order valence-corrected chi connectivity index (χ1v) is 6.19. The molecule has 0 aliphatic heterocycles. The lowest BCUT2D eigenvalue weighted by Crippen LogP contribution is -2.35. The maximum absolute atomic E-state index is 11.6. The van der Waals surface area contributed by atoms with E-state index in [2.05, 4.69) is 6.92 Å². The second-order valence-electron chi connectivity index (χ2n) is 3.88. The van der Waals surface area contributed by atoms with Gasteiger partial charge in [-0.15, -0.1) is 0 Å². The Labute approximate surface area is 103 Å². The number of carboxylic acids is 1. The number of likely N-dealkylation sites (N-methyl/N-ethyl adjacent to an activating group) is 1. The normalized spacial score (nSPS) is 10.2. The Morgan fingerprint density at radius 3 is 2.47 bits per heavy atom. The summed E-state index contributed by atoms with van der Waals surface area (Å²) < 4.78 is 5.25. The molecule has 0 heterocycles. The maximum atomic E-state index is 11.6. The summed E-state index contributed by atoms with van der Waals surface area (Å²) in [7, 11) is 0. The van der Waals surface area contributed by atoms with Crippen molar-refractivity contribution in [2.24, 2.45) is 0 Å². The lowest BCUT2D eigenvalue weighted by Gasteiger charge is -2.19. The highest BCUT2D eigenvalue weighted by atomic mass is 16.5. The van der Waals surface area contributed by atoms with Crippen LogP contribution in [0, 0.1) is 0 Å². The highest BCUT2D eigenvalue weighted by molar-refractivity contribution is 5.78. The van der Waals surface area contributed by atoms with E-state index in [0.29, 0.717) is 13.2 Å². The fourth-order valence-corrected chi connectivity index (χ4v) is 1.39. The van der Waals surface area contributed by atoms with Crippen LogP contribution in [0.1, 0.15) is 39.5 Å². The van der Waals surface area contributed by atoms with Gasteiger partial charge in [-0.3, -0.25) is 9.59 Å². The second kappa shape index (κ2) is 10.1. The Morgan fingerprint density at radius 2 is 1.94 bits per heavy atom. The lowest BCUT2D eigenvalue weighted by molar-refractivity contribution is -0.139. The molecule has 0 bridgehead atoms. The molecule has 0 unspecified atom stereocenters. The number of carboxylic acid groups (broad SMARTS) is 1. The zero-order chi connectivity index (χ0) is 13.1. The van der Waals surface area contributed by atoms with Crippen molar-refractivity contribution in [3.8, 4) is 0 Å². The van der Waals surface area contributed by atoms with Gasteiger partial charge >= 0.3 is 5.97 Å². The van der Waals surface area contributed by atoms with Crippen LogP contribution in [-0.2, 0) is 14.3 Å². The first-order chi connectivity index (χ1) is 8.11. The maximum Gasteiger partial charge on any atom is 0.305 e. The van der Waals surface area contributed by atoms with Crippen LogP contribution in [0.15, 0.2) is 0 Å². The van der Waals surface area contributed by atoms with Crippen molar-refractivity contribution in [2.45, 2.75) is 39.5 Å². The molecule has 0 aliphatic carbocycles. The molecule has 17 heavy (non-hydrogen) atoms. The molecule has 100 valence electrons. The summed E-state index contributed by atoms with van der Waals surface area (Å²) in [6, 6.07) is 0. The zero-order valence-corrected chi connectivity index (χ0v) is 10.8. The third-order valence-electron chi connectivity index (χ3n) is 2.45. The summed E-state index contributed by atoms with van der Waals surface area (Å²) in [5, 5.41) is 8.54. The Bertz CT molecular complexity index is 231.